The molecule has 7 heteroatoms. The summed E-state index contributed by atoms with van der Waals surface area (Å²) in [4.78, 5) is 0. The topological polar surface area (TPSA) is 54.4 Å². The Hall–Kier alpha value is 3.01. The maximum Gasteiger partial charge on any atom is 0 e. The van der Waals surface area contributed by atoms with Gasteiger partial charge in [0.2, 0.25) is 0 Å². The Morgan fingerprint density at radius 1 is 1.29 bits per heavy atom. The summed E-state index contributed by atoms with van der Waals surface area (Å²) in [7, 11) is 0. The second-order valence-electron chi connectivity index (χ2n) is 0.238. The standard InChI is InChI=1S/Mg.Na.H2O.2O.V.Y.3H/h;;1H2;;;;;;;/q;;;;;+1;;;;/p-1. The Kier molecular flexibility index (Phi) is 51.4. The van der Waals surface area contributed by atoms with Crippen LogP contribution >= 0.6 is 0 Å². The Balaban J connectivity index is -0.0000000150. The molecular formula is H4MgNaO3VY. The van der Waals surface area contributed by atoms with Gasteiger partial charge < -0.3 is 0 Å². The van der Waals surface area contributed by atoms with Gasteiger partial charge in [-0.25, -0.2) is 0 Å². The summed E-state index contributed by atoms with van der Waals surface area (Å²) in [6.45, 7) is 0. The molecule has 1 radical (unpaired) electrons. The third kappa shape index (κ3) is 48.8. The first-order valence-corrected chi connectivity index (χ1v) is 2.33. The third-order valence-corrected chi connectivity index (χ3v) is 0. The summed E-state index contributed by atoms with van der Waals surface area (Å²) in [6.07, 6.45) is 0. The van der Waals surface area contributed by atoms with Gasteiger partial charge in [-0.2, -0.15) is 0 Å². The van der Waals surface area contributed by atoms with E-state index in [1.807, 2.05) is 0 Å². The first-order valence-electron chi connectivity index (χ1n) is 0.565. The van der Waals surface area contributed by atoms with Crippen LogP contribution in [0.2, 0.25) is 0 Å². The minimum atomic E-state index is -3.69. The van der Waals surface area contributed by atoms with E-state index in [9.17, 15) is 0 Å². The molecule has 0 spiro atoms. The zero-order valence-corrected chi connectivity index (χ0v) is 6.52. The molecule has 0 aliphatic carbocycles. The number of hydrogen-bond donors (Lipinski definition) is 1. The van der Waals surface area contributed by atoms with Crippen molar-refractivity contribution in [2.75, 3.05) is 0 Å². The summed E-state index contributed by atoms with van der Waals surface area (Å²) in [5.74, 6) is 0. The minimum Gasteiger partial charge on any atom is 0 e. The van der Waals surface area contributed by atoms with Crippen LogP contribution in [0.5, 0.6) is 0 Å². The van der Waals surface area contributed by atoms with Crippen LogP contribution in [0.15, 0.2) is 0 Å². The van der Waals surface area contributed by atoms with E-state index >= 15 is 0 Å². The largest absolute Gasteiger partial charge is 0 e. The molecule has 0 amide bonds. The van der Waals surface area contributed by atoms with Gasteiger partial charge >= 0.3 is 79.4 Å². The molecule has 0 saturated heterocycles. The molecule has 0 saturated carbocycles. The SMILES string of the molecule is [MgH2].[NaH].[O]=[V](=[O])[OH].[Y]. The average Bonchev–Trinajstić information content (AvgIpc) is 0.811. The van der Waals surface area contributed by atoms with E-state index < -0.39 is 15.4 Å². The van der Waals surface area contributed by atoms with E-state index in [-0.39, 0.29) is 85.3 Å². The molecule has 0 heterocycles. The summed E-state index contributed by atoms with van der Waals surface area (Å²) in [5.41, 5.74) is 0. The van der Waals surface area contributed by atoms with Crippen LogP contribution < -0.4 is 0 Å². The second-order valence-corrected chi connectivity index (χ2v) is 0.981. The van der Waals surface area contributed by atoms with E-state index in [0.717, 1.165) is 0 Å². The van der Waals surface area contributed by atoms with Crippen molar-refractivity contribution in [2.45, 2.75) is 0 Å². The minimum absolute atomic E-state index is 0. The van der Waals surface area contributed by atoms with Crippen molar-refractivity contribution in [1.29, 1.82) is 0 Å². The fourth-order valence-electron chi connectivity index (χ4n) is 0. The molecule has 0 atom stereocenters. The first-order chi connectivity index (χ1) is 1.73. The van der Waals surface area contributed by atoms with Crippen molar-refractivity contribution >= 4 is 52.6 Å². The van der Waals surface area contributed by atoms with Crippen LogP contribution in [-0.4, -0.2) is 56.6 Å². The maximum atomic E-state index is 8.67. The van der Waals surface area contributed by atoms with Gasteiger partial charge in [0.1, 0.15) is 0 Å². The molecule has 33 valence electrons. The zero-order valence-electron chi connectivity index (χ0n) is 2.29. The fraction of sp³-hybridized carbons (Fsp3) is 0. The van der Waals surface area contributed by atoms with Crippen LogP contribution in [0.4, 0.5) is 0 Å². The molecule has 0 aromatic rings. The normalized spacial score (nSPS) is 3.57. The van der Waals surface area contributed by atoms with Gasteiger partial charge in [-0.3, -0.25) is 0 Å². The summed E-state index contributed by atoms with van der Waals surface area (Å²) in [5, 5.41) is 0. The summed E-state index contributed by atoms with van der Waals surface area (Å²) in [6, 6.07) is 0. The van der Waals surface area contributed by atoms with Crippen molar-refractivity contribution in [1.82, 2.24) is 0 Å². The molecule has 0 rings (SSSR count). The second kappa shape index (κ2) is 16.0. The molecule has 0 aliphatic heterocycles. The Morgan fingerprint density at radius 3 is 1.29 bits per heavy atom. The monoisotopic (exact) mass is 239 g/mol. The molecule has 7 heavy (non-hydrogen) atoms. The molecule has 0 bridgehead atoms. The van der Waals surface area contributed by atoms with Gasteiger partial charge in [0, 0.05) is 32.7 Å². The predicted molar refractivity (Wildman–Crippen MR) is 19.3 cm³/mol. The molecule has 1 N–H and O–H groups in total. The summed E-state index contributed by atoms with van der Waals surface area (Å²) >= 11 is -3.69. The van der Waals surface area contributed by atoms with Crippen LogP contribution in [-0.2, 0) is 55.5 Å². The summed E-state index contributed by atoms with van der Waals surface area (Å²) < 4.78 is 24.4. The number of hydrogen-bond acceptors (Lipinski definition) is 2. The third-order valence-electron chi connectivity index (χ3n) is 0. The Morgan fingerprint density at radius 2 is 1.29 bits per heavy atom. The van der Waals surface area contributed by atoms with Crippen LogP contribution in [0, 0.1) is 0 Å². The first kappa shape index (κ1) is 22.5. The van der Waals surface area contributed by atoms with E-state index in [0.29, 0.717) is 0 Å². The van der Waals surface area contributed by atoms with E-state index in [4.69, 9.17) is 11.4 Å². The predicted octanol–water partition coefficient (Wildman–Crippen LogP) is -2.36. The van der Waals surface area contributed by atoms with Crippen molar-refractivity contribution in [2.24, 2.45) is 0 Å². The molecule has 0 aromatic heterocycles. The van der Waals surface area contributed by atoms with Crippen molar-refractivity contribution in [3.63, 3.8) is 0 Å². The van der Waals surface area contributed by atoms with Crippen molar-refractivity contribution in [3.8, 4) is 0 Å². The zero-order chi connectivity index (χ0) is 3.58. The molecule has 0 fully saturated rings. The van der Waals surface area contributed by atoms with Gasteiger partial charge in [-0.15, -0.1) is 0 Å². The quantitative estimate of drug-likeness (QED) is 0.481. The van der Waals surface area contributed by atoms with Crippen molar-refractivity contribution in [3.05, 3.63) is 0 Å². The van der Waals surface area contributed by atoms with E-state index in [1.54, 1.807) is 0 Å². The fourth-order valence-corrected chi connectivity index (χ4v) is 0. The van der Waals surface area contributed by atoms with Crippen LogP contribution in [0.1, 0.15) is 0 Å². The Bertz CT molecular complexity index is 63.3. The molecular weight excluding hydrogens is 235 g/mol. The van der Waals surface area contributed by atoms with Gasteiger partial charge in [0.25, 0.3) is 0 Å². The van der Waals surface area contributed by atoms with Gasteiger partial charge in [0.05, 0.1) is 0 Å². The molecule has 3 nitrogen and oxygen atoms in total. The van der Waals surface area contributed by atoms with Gasteiger partial charge in [0.15, 0.2) is 0 Å². The van der Waals surface area contributed by atoms with E-state index in [1.165, 1.54) is 0 Å². The molecule has 0 unspecified atom stereocenters. The molecule has 0 aromatic carbocycles. The van der Waals surface area contributed by atoms with Crippen LogP contribution in [0.25, 0.3) is 0 Å². The van der Waals surface area contributed by atoms with Crippen molar-refractivity contribution < 1.29 is 59.5 Å². The number of rotatable bonds is 0. The Labute approximate surface area is 110 Å². The average molecular weight is 239 g/mol. The smallest absolute Gasteiger partial charge is 0 e. The van der Waals surface area contributed by atoms with E-state index in [2.05, 4.69) is 0 Å². The van der Waals surface area contributed by atoms with Gasteiger partial charge in [-0.05, 0) is 0 Å². The van der Waals surface area contributed by atoms with Crippen LogP contribution in [0.3, 0.4) is 0 Å². The molecule has 0 aliphatic rings. The maximum absolute atomic E-state index is 8.67. The van der Waals surface area contributed by atoms with Gasteiger partial charge in [-0.1, -0.05) is 0 Å².